The minimum absolute atomic E-state index is 0.0859. The summed E-state index contributed by atoms with van der Waals surface area (Å²) in [7, 11) is 0. The van der Waals surface area contributed by atoms with Crippen LogP contribution in [0.25, 0.3) is 0 Å². The van der Waals surface area contributed by atoms with Crippen molar-refractivity contribution in [1.29, 1.82) is 0 Å². The molecule has 0 aliphatic carbocycles. The fourth-order valence-corrected chi connectivity index (χ4v) is 2.92. The lowest BCUT2D eigenvalue weighted by Gasteiger charge is -2.12. The lowest BCUT2D eigenvalue weighted by Crippen LogP contribution is -2.14. The molecule has 0 aromatic heterocycles. The largest absolute Gasteiger partial charge is 0.399 e. The van der Waals surface area contributed by atoms with Gasteiger partial charge in [0.25, 0.3) is 5.91 Å². The molecule has 3 aromatic carbocycles. The van der Waals surface area contributed by atoms with Crippen molar-refractivity contribution in [2.24, 2.45) is 0 Å². The number of anilines is 2. The Labute approximate surface area is 159 Å². The molecule has 3 rings (SSSR count). The summed E-state index contributed by atoms with van der Waals surface area (Å²) in [5.41, 5.74) is 10.1. The standard InChI is InChI=1S/C23H22N2O2/c1-16(26)21-14-9-18(8-7-17-5-3-2-4-6-17)15-22(21)25-23(27)19-10-12-20(24)13-11-19/h2-6,9-15H,7-8,24H2,1H3,(H,25,27). The van der Waals surface area contributed by atoms with E-state index in [-0.39, 0.29) is 11.7 Å². The fraction of sp³-hybridized carbons (Fsp3) is 0.130. The van der Waals surface area contributed by atoms with Crippen molar-refractivity contribution in [2.75, 3.05) is 11.1 Å². The molecule has 4 nitrogen and oxygen atoms in total. The van der Waals surface area contributed by atoms with Crippen LogP contribution in [0, 0.1) is 0 Å². The van der Waals surface area contributed by atoms with Gasteiger partial charge in [0, 0.05) is 16.8 Å². The van der Waals surface area contributed by atoms with E-state index in [4.69, 9.17) is 5.73 Å². The number of nitrogens with one attached hydrogen (secondary N) is 1. The van der Waals surface area contributed by atoms with Crippen LogP contribution in [0.3, 0.4) is 0 Å². The number of carbonyl (C=O) groups is 2. The molecule has 0 unspecified atom stereocenters. The first-order valence-electron chi connectivity index (χ1n) is 8.87. The van der Waals surface area contributed by atoms with E-state index in [2.05, 4.69) is 17.4 Å². The highest BCUT2D eigenvalue weighted by Gasteiger charge is 2.13. The molecule has 0 aliphatic heterocycles. The number of carbonyl (C=O) groups excluding carboxylic acids is 2. The smallest absolute Gasteiger partial charge is 0.255 e. The van der Waals surface area contributed by atoms with Gasteiger partial charge >= 0.3 is 0 Å². The maximum atomic E-state index is 12.5. The van der Waals surface area contributed by atoms with Gasteiger partial charge in [-0.1, -0.05) is 36.4 Å². The third-order valence-electron chi connectivity index (χ3n) is 4.43. The first-order chi connectivity index (χ1) is 13.0. The van der Waals surface area contributed by atoms with Crippen molar-refractivity contribution in [1.82, 2.24) is 0 Å². The van der Waals surface area contributed by atoms with Gasteiger partial charge in [-0.3, -0.25) is 9.59 Å². The topological polar surface area (TPSA) is 72.2 Å². The summed E-state index contributed by atoms with van der Waals surface area (Å²) in [6, 6.07) is 22.5. The van der Waals surface area contributed by atoms with E-state index in [1.54, 1.807) is 30.3 Å². The number of aryl methyl sites for hydroxylation is 2. The van der Waals surface area contributed by atoms with Crippen LogP contribution in [-0.2, 0) is 12.8 Å². The zero-order chi connectivity index (χ0) is 19.2. The average molecular weight is 358 g/mol. The van der Waals surface area contributed by atoms with Gasteiger partial charge in [0.05, 0.1) is 5.69 Å². The van der Waals surface area contributed by atoms with E-state index >= 15 is 0 Å². The Kier molecular flexibility index (Phi) is 5.67. The Balaban J connectivity index is 1.80. The van der Waals surface area contributed by atoms with Crippen molar-refractivity contribution >= 4 is 23.1 Å². The summed E-state index contributed by atoms with van der Waals surface area (Å²) in [5.74, 6) is -0.352. The highest BCUT2D eigenvalue weighted by molar-refractivity contribution is 6.09. The molecule has 0 saturated carbocycles. The van der Waals surface area contributed by atoms with Gasteiger partial charge in [-0.2, -0.15) is 0 Å². The quantitative estimate of drug-likeness (QED) is 0.503. The highest BCUT2D eigenvalue weighted by atomic mass is 16.1. The molecule has 0 atom stereocenters. The number of nitrogen functional groups attached to an aromatic ring is 1. The Morgan fingerprint density at radius 1 is 0.852 bits per heavy atom. The highest BCUT2D eigenvalue weighted by Crippen LogP contribution is 2.21. The van der Waals surface area contributed by atoms with E-state index in [1.165, 1.54) is 12.5 Å². The van der Waals surface area contributed by atoms with Gasteiger partial charge in [-0.25, -0.2) is 0 Å². The zero-order valence-electron chi connectivity index (χ0n) is 15.2. The third kappa shape index (κ3) is 4.82. The van der Waals surface area contributed by atoms with Gasteiger partial charge in [0.15, 0.2) is 5.78 Å². The van der Waals surface area contributed by atoms with E-state index in [9.17, 15) is 9.59 Å². The monoisotopic (exact) mass is 358 g/mol. The predicted molar refractivity (Wildman–Crippen MR) is 109 cm³/mol. The Hall–Kier alpha value is -3.40. The first kappa shape index (κ1) is 18.4. The summed E-state index contributed by atoms with van der Waals surface area (Å²) in [5, 5.41) is 2.87. The Bertz CT molecular complexity index is 948. The minimum atomic E-state index is -0.266. The number of ketones is 1. The zero-order valence-corrected chi connectivity index (χ0v) is 15.2. The fourth-order valence-electron chi connectivity index (χ4n) is 2.92. The molecule has 27 heavy (non-hydrogen) atoms. The number of amides is 1. The Morgan fingerprint density at radius 3 is 2.19 bits per heavy atom. The minimum Gasteiger partial charge on any atom is -0.399 e. The molecule has 3 aromatic rings. The molecular weight excluding hydrogens is 336 g/mol. The van der Waals surface area contributed by atoms with Crippen LogP contribution in [0.2, 0.25) is 0 Å². The molecule has 4 heteroatoms. The number of Topliss-reactive ketones (excluding diaryl/α,β-unsaturated/α-hetero) is 1. The second-order valence-electron chi connectivity index (χ2n) is 6.50. The lowest BCUT2D eigenvalue weighted by molar-refractivity contribution is 0.101. The number of hydrogen-bond donors (Lipinski definition) is 2. The molecule has 0 aliphatic rings. The molecule has 0 heterocycles. The van der Waals surface area contributed by atoms with Gasteiger partial charge < -0.3 is 11.1 Å². The second kappa shape index (κ2) is 8.32. The Morgan fingerprint density at radius 2 is 1.52 bits per heavy atom. The third-order valence-corrected chi connectivity index (χ3v) is 4.43. The summed E-state index contributed by atoms with van der Waals surface area (Å²) in [6.45, 7) is 1.50. The molecule has 0 saturated heterocycles. The van der Waals surface area contributed by atoms with E-state index in [0.29, 0.717) is 22.5 Å². The molecule has 0 spiro atoms. The van der Waals surface area contributed by atoms with Crippen LogP contribution < -0.4 is 11.1 Å². The van der Waals surface area contributed by atoms with Crippen LogP contribution in [0.1, 0.15) is 38.8 Å². The molecule has 136 valence electrons. The molecule has 1 amide bonds. The summed E-state index contributed by atoms with van der Waals surface area (Å²) < 4.78 is 0. The van der Waals surface area contributed by atoms with E-state index in [0.717, 1.165) is 18.4 Å². The van der Waals surface area contributed by atoms with Gasteiger partial charge in [0.1, 0.15) is 0 Å². The van der Waals surface area contributed by atoms with E-state index in [1.807, 2.05) is 30.3 Å². The molecular formula is C23H22N2O2. The maximum absolute atomic E-state index is 12.5. The first-order valence-corrected chi connectivity index (χ1v) is 8.87. The number of rotatable bonds is 6. The van der Waals surface area contributed by atoms with Crippen molar-refractivity contribution in [3.05, 3.63) is 95.1 Å². The average Bonchev–Trinajstić information content (AvgIpc) is 2.67. The number of nitrogens with two attached hydrogens (primary N) is 1. The predicted octanol–water partition coefficient (Wildman–Crippen LogP) is 4.51. The number of hydrogen-bond acceptors (Lipinski definition) is 3. The van der Waals surface area contributed by atoms with Crippen LogP contribution in [-0.4, -0.2) is 11.7 Å². The molecule has 0 fully saturated rings. The normalized spacial score (nSPS) is 10.4. The van der Waals surface area contributed by atoms with Crippen molar-refractivity contribution in [3.8, 4) is 0 Å². The molecule has 0 bridgehead atoms. The van der Waals surface area contributed by atoms with Crippen LogP contribution in [0.15, 0.2) is 72.8 Å². The van der Waals surface area contributed by atoms with Gasteiger partial charge in [0.2, 0.25) is 0 Å². The summed E-state index contributed by atoms with van der Waals surface area (Å²) in [6.07, 6.45) is 1.72. The summed E-state index contributed by atoms with van der Waals surface area (Å²) >= 11 is 0. The van der Waals surface area contributed by atoms with Crippen LogP contribution in [0.5, 0.6) is 0 Å². The lowest BCUT2D eigenvalue weighted by atomic mass is 10.0. The van der Waals surface area contributed by atoms with Crippen molar-refractivity contribution in [2.45, 2.75) is 19.8 Å². The molecule has 0 radical (unpaired) electrons. The van der Waals surface area contributed by atoms with Gasteiger partial charge in [-0.05, 0) is 67.3 Å². The van der Waals surface area contributed by atoms with Gasteiger partial charge in [-0.15, -0.1) is 0 Å². The SMILES string of the molecule is CC(=O)c1ccc(CCc2ccccc2)cc1NC(=O)c1ccc(N)cc1. The van der Waals surface area contributed by atoms with E-state index < -0.39 is 0 Å². The number of benzene rings is 3. The van der Waals surface area contributed by atoms with Crippen LogP contribution in [0.4, 0.5) is 11.4 Å². The summed E-state index contributed by atoms with van der Waals surface area (Å²) in [4.78, 5) is 24.5. The van der Waals surface area contributed by atoms with Crippen LogP contribution >= 0.6 is 0 Å². The molecule has 3 N–H and O–H groups in total. The second-order valence-corrected chi connectivity index (χ2v) is 6.50. The van der Waals surface area contributed by atoms with Crippen molar-refractivity contribution in [3.63, 3.8) is 0 Å². The van der Waals surface area contributed by atoms with Crippen molar-refractivity contribution < 1.29 is 9.59 Å². The maximum Gasteiger partial charge on any atom is 0.255 e.